The van der Waals surface area contributed by atoms with Crippen LogP contribution in [0.15, 0.2) is 23.4 Å². The minimum atomic E-state index is -4.28. The molecule has 5 nitrogen and oxygen atoms in total. The topological polar surface area (TPSA) is 77.1 Å². The normalized spacial score (nSPS) is 12.3. The van der Waals surface area contributed by atoms with E-state index in [9.17, 15) is 13.2 Å². The van der Waals surface area contributed by atoms with Crippen molar-refractivity contribution in [1.29, 1.82) is 0 Å². The monoisotopic (exact) mass is 278 g/mol. The highest BCUT2D eigenvalue weighted by atomic mass is 19.4. The van der Waals surface area contributed by atoms with Gasteiger partial charge in [-0.15, -0.1) is 0 Å². The Labute approximate surface area is 107 Å². The minimum Gasteiger partial charge on any atom is -0.493 e. The largest absolute Gasteiger partial charge is 0.493 e. The maximum Gasteiger partial charge on any atom is 0.392 e. The van der Waals surface area contributed by atoms with Gasteiger partial charge in [0, 0.05) is 5.56 Å². The van der Waals surface area contributed by atoms with Crippen LogP contribution in [0.3, 0.4) is 0 Å². The highest BCUT2D eigenvalue weighted by Crippen LogP contribution is 2.29. The number of nitrogens with two attached hydrogens (primary N) is 1. The average molecular weight is 278 g/mol. The maximum atomic E-state index is 12.0. The number of alkyl halides is 3. The predicted octanol–water partition coefficient (Wildman–Crippen LogP) is 2.12. The van der Waals surface area contributed by atoms with Crippen LogP contribution >= 0.6 is 0 Å². The molecule has 0 amide bonds. The summed E-state index contributed by atoms with van der Waals surface area (Å²) in [5.41, 5.74) is 5.74. The fraction of sp³-hybridized carbons (Fsp3) is 0.364. The molecule has 1 aromatic rings. The first kappa shape index (κ1) is 14.9. The van der Waals surface area contributed by atoms with E-state index in [0.29, 0.717) is 5.56 Å². The Balaban J connectivity index is 2.79. The lowest BCUT2D eigenvalue weighted by Crippen LogP contribution is -2.14. The van der Waals surface area contributed by atoms with Crippen molar-refractivity contribution in [2.75, 3.05) is 13.7 Å². The molecule has 0 unspecified atom stereocenters. The van der Waals surface area contributed by atoms with Crippen LogP contribution in [0.25, 0.3) is 0 Å². The van der Waals surface area contributed by atoms with Gasteiger partial charge in [0.05, 0.1) is 20.1 Å². The lowest BCUT2D eigenvalue weighted by molar-refractivity contribution is -0.139. The van der Waals surface area contributed by atoms with Crippen molar-refractivity contribution in [2.24, 2.45) is 10.9 Å². The van der Waals surface area contributed by atoms with Crippen LogP contribution in [-0.4, -0.2) is 30.9 Å². The van der Waals surface area contributed by atoms with Crippen molar-refractivity contribution in [3.63, 3.8) is 0 Å². The fourth-order valence-electron chi connectivity index (χ4n) is 1.28. The van der Waals surface area contributed by atoms with Gasteiger partial charge in [0.25, 0.3) is 0 Å². The first-order valence-electron chi connectivity index (χ1n) is 5.23. The summed E-state index contributed by atoms with van der Waals surface area (Å²) in [5.74, 6) is 0.215. The van der Waals surface area contributed by atoms with Gasteiger partial charge in [0.1, 0.15) is 0 Å². The number of halogens is 3. The first-order chi connectivity index (χ1) is 8.87. The third-order valence-corrected chi connectivity index (χ3v) is 2.21. The lowest BCUT2D eigenvalue weighted by Gasteiger charge is -2.12. The second kappa shape index (κ2) is 6.17. The number of hydrogen-bond donors (Lipinski definition) is 2. The molecule has 0 fully saturated rings. The Kier molecular flexibility index (Phi) is 4.85. The zero-order chi connectivity index (χ0) is 14.5. The van der Waals surface area contributed by atoms with E-state index >= 15 is 0 Å². The average Bonchev–Trinajstić information content (AvgIpc) is 2.36. The molecule has 0 bridgehead atoms. The minimum absolute atomic E-state index is 0.139. The Morgan fingerprint density at radius 2 is 2.05 bits per heavy atom. The number of ether oxygens (including phenoxy) is 2. The van der Waals surface area contributed by atoms with E-state index in [1.807, 2.05) is 0 Å². The maximum absolute atomic E-state index is 12.0. The van der Waals surface area contributed by atoms with Gasteiger partial charge in [0.15, 0.2) is 17.3 Å². The molecule has 1 aromatic carbocycles. The Morgan fingerprint density at radius 3 is 2.58 bits per heavy atom. The van der Waals surface area contributed by atoms with Crippen molar-refractivity contribution in [2.45, 2.75) is 12.6 Å². The van der Waals surface area contributed by atoms with Crippen molar-refractivity contribution in [3.8, 4) is 11.5 Å². The number of amidine groups is 1. The van der Waals surface area contributed by atoms with E-state index in [0.717, 1.165) is 0 Å². The van der Waals surface area contributed by atoms with Crippen LogP contribution in [0.1, 0.15) is 12.0 Å². The van der Waals surface area contributed by atoms with Gasteiger partial charge in [-0.1, -0.05) is 5.16 Å². The molecule has 0 aliphatic rings. The standard InChI is InChI=1S/C11H13F3N2O3/c1-18-9-6-7(10(15)16-17)2-3-8(9)19-5-4-11(12,13)14/h2-3,6,17H,4-5H2,1H3,(H2,15,16). The zero-order valence-corrected chi connectivity index (χ0v) is 10.1. The van der Waals surface area contributed by atoms with Gasteiger partial charge < -0.3 is 20.4 Å². The van der Waals surface area contributed by atoms with Crippen LogP contribution < -0.4 is 15.2 Å². The summed E-state index contributed by atoms with van der Waals surface area (Å²) in [6.07, 6.45) is -5.33. The molecule has 0 heterocycles. The van der Waals surface area contributed by atoms with E-state index in [1.54, 1.807) is 0 Å². The lowest BCUT2D eigenvalue weighted by atomic mass is 10.2. The summed E-state index contributed by atoms with van der Waals surface area (Å²) in [6, 6.07) is 4.24. The number of rotatable bonds is 5. The van der Waals surface area contributed by atoms with Gasteiger partial charge in [-0.2, -0.15) is 13.2 Å². The molecule has 0 aliphatic heterocycles. The van der Waals surface area contributed by atoms with Crippen LogP contribution in [0, 0.1) is 0 Å². The number of nitrogens with zero attached hydrogens (tertiary/aromatic N) is 1. The fourth-order valence-corrected chi connectivity index (χ4v) is 1.28. The second-order valence-electron chi connectivity index (χ2n) is 3.56. The van der Waals surface area contributed by atoms with Gasteiger partial charge in [0.2, 0.25) is 0 Å². The summed E-state index contributed by atoms with van der Waals surface area (Å²) in [7, 11) is 1.34. The molecule has 106 valence electrons. The van der Waals surface area contributed by atoms with E-state index in [2.05, 4.69) is 5.16 Å². The summed E-state index contributed by atoms with van der Waals surface area (Å²) >= 11 is 0. The molecule has 0 atom stereocenters. The smallest absolute Gasteiger partial charge is 0.392 e. The van der Waals surface area contributed by atoms with Crippen LogP contribution in [0.5, 0.6) is 11.5 Å². The van der Waals surface area contributed by atoms with Gasteiger partial charge in [-0.25, -0.2) is 0 Å². The SMILES string of the molecule is COc1cc(C(N)=NO)ccc1OCCC(F)(F)F. The zero-order valence-electron chi connectivity index (χ0n) is 10.1. The quantitative estimate of drug-likeness (QED) is 0.374. The number of oxime groups is 1. The van der Waals surface area contributed by atoms with Gasteiger partial charge in [-0.3, -0.25) is 0 Å². The van der Waals surface area contributed by atoms with Crippen molar-refractivity contribution < 1.29 is 27.9 Å². The highest BCUT2D eigenvalue weighted by Gasteiger charge is 2.27. The molecule has 0 saturated carbocycles. The Bertz CT molecular complexity index is 461. The predicted molar refractivity (Wildman–Crippen MR) is 61.7 cm³/mol. The second-order valence-corrected chi connectivity index (χ2v) is 3.56. The van der Waals surface area contributed by atoms with Crippen LogP contribution in [-0.2, 0) is 0 Å². The number of hydrogen-bond acceptors (Lipinski definition) is 4. The van der Waals surface area contributed by atoms with E-state index < -0.39 is 19.2 Å². The van der Waals surface area contributed by atoms with Crippen molar-refractivity contribution >= 4 is 5.84 Å². The van der Waals surface area contributed by atoms with Gasteiger partial charge in [-0.05, 0) is 18.2 Å². The molecular formula is C11H13F3N2O3. The molecular weight excluding hydrogens is 265 g/mol. The molecule has 0 saturated heterocycles. The summed E-state index contributed by atoms with van der Waals surface area (Å²) in [5, 5.41) is 11.3. The molecule has 8 heteroatoms. The Hall–Kier alpha value is -2.12. The van der Waals surface area contributed by atoms with E-state index in [-0.39, 0.29) is 17.3 Å². The Morgan fingerprint density at radius 1 is 1.37 bits per heavy atom. The van der Waals surface area contributed by atoms with Crippen LogP contribution in [0.2, 0.25) is 0 Å². The molecule has 0 spiro atoms. The summed E-state index contributed by atoms with van der Waals surface area (Å²) in [6.45, 7) is -0.511. The van der Waals surface area contributed by atoms with Crippen molar-refractivity contribution in [1.82, 2.24) is 0 Å². The van der Waals surface area contributed by atoms with Gasteiger partial charge >= 0.3 is 6.18 Å². The molecule has 19 heavy (non-hydrogen) atoms. The van der Waals surface area contributed by atoms with Crippen molar-refractivity contribution in [3.05, 3.63) is 23.8 Å². The number of methoxy groups -OCH3 is 1. The van der Waals surface area contributed by atoms with Crippen LogP contribution in [0.4, 0.5) is 13.2 Å². The highest BCUT2D eigenvalue weighted by molar-refractivity contribution is 5.97. The summed E-state index contributed by atoms with van der Waals surface area (Å²) < 4.78 is 45.9. The molecule has 1 rings (SSSR count). The van der Waals surface area contributed by atoms with E-state index in [1.165, 1.54) is 25.3 Å². The molecule has 3 N–H and O–H groups in total. The number of benzene rings is 1. The molecule has 0 aromatic heterocycles. The third-order valence-electron chi connectivity index (χ3n) is 2.21. The first-order valence-corrected chi connectivity index (χ1v) is 5.23. The van der Waals surface area contributed by atoms with E-state index in [4.69, 9.17) is 20.4 Å². The summed E-state index contributed by atoms with van der Waals surface area (Å²) in [4.78, 5) is 0. The molecule has 0 aliphatic carbocycles. The third kappa shape index (κ3) is 4.57. The molecule has 0 radical (unpaired) electrons.